The second-order valence-electron chi connectivity index (χ2n) is 8.29. The zero-order valence-corrected chi connectivity index (χ0v) is 18.7. The summed E-state index contributed by atoms with van der Waals surface area (Å²) in [4.78, 5) is 35.1. The Morgan fingerprint density at radius 3 is 2.69 bits per heavy atom. The molecule has 6 rings (SSSR count). The van der Waals surface area contributed by atoms with Crippen LogP contribution in [0.15, 0.2) is 59.7 Å². The highest BCUT2D eigenvalue weighted by Crippen LogP contribution is 2.44. The van der Waals surface area contributed by atoms with Crippen LogP contribution in [0.25, 0.3) is 27.8 Å². The van der Waals surface area contributed by atoms with Crippen molar-refractivity contribution in [1.29, 1.82) is 0 Å². The van der Waals surface area contributed by atoms with Gasteiger partial charge in [-0.05, 0) is 24.3 Å². The molecule has 0 saturated carbocycles. The Morgan fingerprint density at radius 1 is 1.09 bits per heavy atom. The van der Waals surface area contributed by atoms with Crippen molar-refractivity contribution in [2.75, 3.05) is 17.2 Å². The van der Waals surface area contributed by atoms with E-state index in [1.807, 2.05) is 0 Å². The lowest BCUT2D eigenvalue weighted by Crippen LogP contribution is -2.32. The number of para-hydroxylation sites is 1. The summed E-state index contributed by atoms with van der Waals surface area (Å²) in [6, 6.07) is 12.6. The number of halogens is 3. The smallest absolute Gasteiger partial charge is 0.267 e. The van der Waals surface area contributed by atoms with Gasteiger partial charge in [-0.25, -0.2) is 18.7 Å². The summed E-state index contributed by atoms with van der Waals surface area (Å²) >= 11 is 6.35. The lowest BCUT2D eigenvalue weighted by Gasteiger charge is -2.27. The van der Waals surface area contributed by atoms with Gasteiger partial charge in [0.25, 0.3) is 11.5 Å². The molecule has 35 heavy (non-hydrogen) atoms. The minimum absolute atomic E-state index is 0.104. The van der Waals surface area contributed by atoms with Crippen LogP contribution in [0.4, 0.5) is 20.5 Å². The Labute approximate surface area is 201 Å². The average Bonchev–Trinajstić information content (AvgIpc) is 3.42. The molecule has 1 atom stereocenters. The molecule has 9 nitrogen and oxygen atoms in total. The molecule has 5 aromatic rings. The van der Waals surface area contributed by atoms with Crippen LogP contribution < -0.4 is 16.2 Å². The molecule has 176 valence electrons. The second kappa shape index (κ2) is 7.70. The number of anilines is 2. The molecule has 1 fully saturated rings. The van der Waals surface area contributed by atoms with E-state index in [0.29, 0.717) is 16.7 Å². The lowest BCUT2D eigenvalue weighted by molar-refractivity contribution is 0.0219. The van der Waals surface area contributed by atoms with Crippen molar-refractivity contribution in [3.63, 3.8) is 0 Å². The van der Waals surface area contributed by atoms with Gasteiger partial charge in [0.2, 0.25) is 5.95 Å². The van der Waals surface area contributed by atoms with Gasteiger partial charge >= 0.3 is 0 Å². The molecule has 4 heterocycles. The fraction of sp³-hybridized carbons (Fsp3) is 0.174. The van der Waals surface area contributed by atoms with Crippen LogP contribution in [-0.2, 0) is 0 Å². The number of aromatic nitrogens is 6. The van der Waals surface area contributed by atoms with E-state index in [1.165, 1.54) is 15.8 Å². The lowest BCUT2D eigenvalue weighted by atomic mass is 10.1. The largest absolute Gasteiger partial charge is 0.368 e. The predicted octanol–water partition coefficient (Wildman–Crippen LogP) is 3.87. The van der Waals surface area contributed by atoms with Crippen LogP contribution in [-0.4, -0.2) is 42.0 Å². The highest BCUT2D eigenvalue weighted by molar-refractivity contribution is 6.35. The van der Waals surface area contributed by atoms with E-state index in [0.717, 1.165) is 0 Å². The van der Waals surface area contributed by atoms with E-state index < -0.39 is 30.5 Å². The topological polar surface area (TPSA) is 119 Å². The monoisotopic (exact) mass is 494 g/mol. The second-order valence-corrected chi connectivity index (χ2v) is 8.70. The van der Waals surface area contributed by atoms with Gasteiger partial charge in [-0.3, -0.25) is 9.36 Å². The third-order valence-electron chi connectivity index (χ3n) is 6.01. The van der Waals surface area contributed by atoms with Crippen molar-refractivity contribution in [1.82, 2.24) is 29.5 Å². The summed E-state index contributed by atoms with van der Waals surface area (Å²) in [5.41, 5.74) is 6.81. The number of alkyl halides is 2. The van der Waals surface area contributed by atoms with E-state index >= 15 is 0 Å². The molecule has 12 heteroatoms. The van der Waals surface area contributed by atoms with E-state index in [4.69, 9.17) is 17.3 Å². The molecular formula is C23H17ClF2N8O. The third-order valence-corrected chi connectivity index (χ3v) is 6.33. The molecule has 1 aliphatic heterocycles. The molecule has 2 aromatic carbocycles. The van der Waals surface area contributed by atoms with Crippen molar-refractivity contribution in [3.8, 4) is 5.69 Å². The molecule has 0 amide bonds. The van der Waals surface area contributed by atoms with E-state index in [2.05, 4.69) is 24.9 Å². The van der Waals surface area contributed by atoms with Crippen molar-refractivity contribution in [3.05, 3.63) is 76.1 Å². The Hall–Kier alpha value is -4.12. The molecule has 0 aliphatic carbocycles. The summed E-state index contributed by atoms with van der Waals surface area (Å²) in [5, 5.41) is 0.438. The number of nitrogens with one attached hydrogen (secondary N) is 1. The predicted molar refractivity (Wildman–Crippen MR) is 128 cm³/mol. The van der Waals surface area contributed by atoms with Crippen LogP contribution in [0, 0.1) is 0 Å². The van der Waals surface area contributed by atoms with Crippen LogP contribution >= 0.6 is 11.6 Å². The highest BCUT2D eigenvalue weighted by atomic mass is 35.5. The number of aromatic amines is 1. The van der Waals surface area contributed by atoms with Crippen molar-refractivity contribution in [2.45, 2.75) is 18.4 Å². The zero-order valence-electron chi connectivity index (χ0n) is 18.0. The molecule has 1 saturated heterocycles. The molecule has 0 unspecified atom stereocenters. The number of benzene rings is 2. The number of nitrogens with zero attached hydrogens (tertiary/aromatic N) is 6. The summed E-state index contributed by atoms with van der Waals surface area (Å²) in [5.74, 6) is -2.89. The van der Waals surface area contributed by atoms with E-state index in [1.54, 1.807) is 48.5 Å². The molecule has 0 spiro atoms. The first-order chi connectivity index (χ1) is 16.8. The molecule has 0 bridgehead atoms. The molecule has 3 aromatic heterocycles. The maximum Gasteiger partial charge on any atom is 0.267 e. The fourth-order valence-electron chi connectivity index (χ4n) is 4.57. The van der Waals surface area contributed by atoms with Gasteiger partial charge in [-0.1, -0.05) is 35.9 Å². The molecule has 3 N–H and O–H groups in total. The van der Waals surface area contributed by atoms with E-state index in [-0.39, 0.29) is 33.6 Å². The summed E-state index contributed by atoms with van der Waals surface area (Å²) in [7, 11) is 0. The van der Waals surface area contributed by atoms with Gasteiger partial charge in [-0.2, -0.15) is 9.97 Å². The van der Waals surface area contributed by atoms with Gasteiger partial charge in [0.15, 0.2) is 11.5 Å². The van der Waals surface area contributed by atoms with Gasteiger partial charge in [0, 0.05) is 6.42 Å². The highest BCUT2D eigenvalue weighted by Gasteiger charge is 2.48. The molecular weight excluding hydrogens is 478 g/mol. The number of fused-ring (bicyclic) bond motifs is 2. The quantitative estimate of drug-likeness (QED) is 0.390. The van der Waals surface area contributed by atoms with Gasteiger partial charge < -0.3 is 15.6 Å². The first kappa shape index (κ1) is 21.4. The Kier molecular flexibility index (Phi) is 4.71. The number of nitrogens with two attached hydrogens (primary N) is 1. The number of hydrogen-bond donors (Lipinski definition) is 2. The van der Waals surface area contributed by atoms with Crippen LogP contribution in [0.1, 0.15) is 18.3 Å². The Bertz CT molecular complexity index is 1650. The normalized spacial score (nSPS) is 17.5. The first-order valence-corrected chi connectivity index (χ1v) is 11.1. The van der Waals surface area contributed by atoms with Gasteiger partial charge in [0.05, 0.1) is 40.5 Å². The van der Waals surface area contributed by atoms with Gasteiger partial charge in [-0.15, -0.1) is 0 Å². The first-order valence-electron chi connectivity index (χ1n) is 10.7. The van der Waals surface area contributed by atoms with Crippen molar-refractivity contribution in [2.24, 2.45) is 0 Å². The minimum atomic E-state index is -3.08. The molecule has 1 aliphatic rings. The Morgan fingerprint density at radius 2 is 1.89 bits per heavy atom. The number of H-pyrrole nitrogens is 1. The number of rotatable bonds is 3. The third kappa shape index (κ3) is 3.46. The van der Waals surface area contributed by atoms with Crippen LogP contribution in [0.3, 0.4) is 0 Å². The minimum Gasteiger partial charge on any atom is -0.368 e. The summed E-state index contributed by atoms with van der Waals surface area (Å²) in [6.07, 6.45) is 0.805. The number of hydrogen-bond acceptors (Lipinski definition) is 7. The zero-order chi connectivity index (χ0) is 24.3. The number of imidazole rings is 1. The van der Waals surface area contributed by atoms with Crippen LogP contribution in [0.5, 0.6) is 0 Å². The maximum atomic E-state index is 15.0. The fourth-order valence-corrected chi connectivity index (χ4v) is 4.82. The Balaban J connectivity index is 1.65. The summed E-state index contributed by atoms with van der Waals surface area (Å²) < 4.78 is 31.3. The van der Waals surface area contributed by atoms with Gasteiger partial charge in [0.1, 0.15) is 11.3 Å². The molecule has 0 radical (unpaired) electrons. The van der Waals surface area contributed by atoms with Crippen LogP contribution in [0.2, 0.25) is 5.02 Å². The number of nitrogen functional groups attached to an aromatic ring is 1. The average molecular weight is 495 g/mol. The SMILES string of the molecule is Nc1nc(N2CC(F)(F)C[C@H]2c2nc3cccc(Cl)c3c(=O)n2-c2ccccc2)c2[nH]cnc2n1. The maximum absolute atomic E-state index is 15.0. The van der Waals surface area contributed by atoms with Crippen molar-refractivity contribution < 1.29 is 8.78 Å². The van der Waals surface area contributed by atoms with E-state index in [9.17, 15) is 13.6 Å². The van der Waals surface area contributed by atoms with Crippen molar-refractivity contribution >= 4 is 45.4 Å². The standard InChI is InChI=1S/C23H17ClF2N8O/c24-13-7-4-8-14-16(13)21(35)34(12-5-2-1-3-6-12)19(30-14)15-9-23(25,26)10-33(15)20-17-18(29-11-28-17)31-22(27)32-20/h1-8,11,15H,9-10H2,(H3,27,28,29,31,32)/t15-/m0/s1. The summed E-state index contributed by atoms with van der Waals surface area (Å²) in [6.45, 7) is -0.652.